The Morgan fingerprint density at radius 3 is 1.41 bits per heavy atom. The third-order valence-electron chi connectivity index (χ3n) is 5.67. The summed E-state index contributed by atoms with van der Waals surface area (Å²) in [6.45, 7) is 1.95. The van der Waals surface area contributed by atoms with Crippen LogP contribution in [0.3, 0.4) is 0 Å². The molecular formula is C28H24O. The predicted octanol–water partition coefficient (Wildman–Crippen LogP) is 6.37. The van der Waals surface area contributed by atoms with E-state index in [2.05, 4.69) is 109 Å². The van der Waals surface area contributed by atoms with Crippen LogP contribution in [-0.4, -0.2) is 6.29 Å². The average molecular weight is 376 g/mol. The van der Waals surface area contributed by atoms with Gasteiger partial charge in [-0.3, -0.25) is 0 Å². The van der Waals surface area contributed by atoms with Crippen LogP contribution in [0, 0.1) is 0 Å². The van der Waals surface area contributed by atoms with E-state index in [0.29, 0.717) is 0 Å². The summed E-state index contributed by atoms with van der Waals surface area (Å²) in [5, 5.41) is 0. The molecule has 0 bridgehead atoms. The van der Waals surface area contributed by atoms with Gasteiger partial charge < -0.3 is 4.79 Å². The number of rotatable bonds is 6. The average Bonchev–Trinajstić information content (AvgIpc) is 2.81. The molecule has 1 nitrogen and oxygen atoms in total. The number of benzene rings is 4. The third kappa shape index (κ3) is 3.40. The van der Waals surface area contributed by atoms with E-state index >= 15 is 0 Å². The van der Waals surface area contributed by atoms with Gasteiger partial charge in [0.05, 0.1) is 5.41 Å². The van der Waals surface area contributed by atoms with Crippen molar-refractivity contribution >= 4 is 6.29 Å². The van der Waals surface area contributed by atoms with Crippen molar-refractivity contribution in [3.05, 3.63) is 143 Å². The second kappa shape index (κ2) is 8.28. The first-order chi connectivity index (χ1) is 14.3. The summed E-state index contributed by atoms with van der Waals surface area (Å²) in [6.07, 6.45) is 1.01. The Morgan fingerprint density at radius 2 is 1.00 bits per heavy atom. The molecule has 0 aliphatic rings. The molecule has 0 N–H and O–H groups in total. The van der Waals surface area contributed by atoms with Crippen LogP contribution in [-0.2, 0) is 10.2 Å². The highest BCUT2D eigenvalue weighted by atomic mass is 16.1. The Labute approximate surface area is 172 Å². The molecule has 0 saturated carbocycles. The lowest BCUT2D eigenvalue weighted by Gasteiger charge is -2.37. The van der Waals surface area contributed by atoms with Gasteiger partial charge in [-0.15, -0.1) is 0 Å². The van der Waals surface area contributed by atoms with E-state index in [0.717, 1.165) is 17.4 Å². The van der Waals surface area contributed by atoms with Crippen molar-refractivity contribution in [3.63, 3.8) is 0 Å². The standard InChI is InChI=1S/C28H24O/c1-22(21-29)23-12-11-19-27(20-23)28(24-13-5-2-6-14-24,25-15-7-3-8-16-25)26-17-9-4-10-18-26/h2-22H,1H3. The Hall–Kier alpha value is -3.45. The van der Waals surface area contributed by atoms with Gasteiger partial charge in [0.2, 0.25) is 0 Å². The van der Waals surface area contributed by atoms with E-state index in [1.54, 1.807) is 0 Å². The molecule has 4 rings (SSSR count). The fourth-order valence-corrected chi connectivity index (χ4v) is 4.20. The smallest absolute Gasteiger partial charge is 0.127 e. The summed E-state index contributed by atoms with van der Waals surface area (Å²) in [4.78, 5) is 11.5. The molecule has 142 valence electrons. The zero-order valence-electron chi connectivity index (χ0n) is 16.5. The molecule has 0 saturated heterocycles. The molecule has 0 heterocycles. The normalized spacial score (nSPS) is 12.3. The summed E-state index contributed by atoms with van der Waals surface area (Å²) >= 11 is 0. The summed E-state index contributed by atoms with van der Waals surface area (Å²) < 4.78 is 0. The maximum atomic E-state index is 11.5. The minimum atomic E-state index is -0.470. The SMILES string of the molecule is CC(C=O)c1cccc(C(c2ccccc2)(c2ccccc2)c2ccccc2)c1. The van der Waals surface area contributed by atoms with Gasteiger partial charge in [0.1, 0.15) is 6.29 Å². The quantitative estimate of drug-likeness (QED) is 0.282. The monoisotopic (exact) mass is 376 g/mol. The van der Waals surface area contributed by atoms with Gasteiger partial charge in [0.25, 0.3) is 0 Å². The Bertz CT molecular complexity index is 972. The number of carbonyl (C=O) groups excluding carboxylic acids is 1. The number of aldehydes is 1. The van der Waals surface area contributed by atoms with Crippen LogP contribution in [0.5, 0.6) is 0 Å². The first-order valence-electron chi connectivity index (χ1n) is 9.99. The molecule has 1 heteroatoms. The summed E-state index contributed by atoms with van der Waals surface area (Å²) in [7, 11) is 0. The first-order valence-corrected chi connectivity index (χ1v) is 9.99. The number of hydrogen-bond donors (Lipinski definition) is 0. The van der Waals surface area contributed by atoms with Crippen molar-refractivity contribution in [2.24, 2.45) is 0 Å². The van der Waals surface area contributed by atoms with Gasteiger partial charge in [-0.25, -0.2) is 0 Å². The lowest BCUT2D eigenvalue weighted by Crippen LogP contribution is -2.31. The molecule has 0 aromatic heterocycles. The van der Waals surface area contributed by atoms with Crippen LogP contribution in [0.1, 0.15) is 40.7 Å². The maximum absolute atomic E-state index is 11.5. The lowest BCUT2D eigenvalue weighted by molar-refractivity contribution is -0.108. The Kier molecular flexibility index (Phi) is 5.39. The van der Waals surface area contributed by atoms with E-state index in [1.807, 2.05) is 13.0 Å². The fourth-order valence-electron chi connectivity index (χ4n) is 4.20. The predicted molar refractivity (Wildman–Crippen MR) is 119 cm³/mol. The molecule has 0 amide bonds. The van der Waals surface area contributed by atoms with Gasteiger partial charge >= 0.3 is 0 Å². The van der Waals surface area contributed by atoms with Gasteiger partial charge in [0.15, 0.2) is 0 Å². The van der Waals surface area contributed by atoms with Crippen LogP contribution in [0.2, 0.25) is 0 Å². The van der Waals surface area contributed by atoms with Crippen molar-refractivity contribution in [3.8, 4) is 0 Å². The second-order valence-corrected chi connectivity index (χ2v) is 7.40. The van der Waals surface area contributed by atoms with Crippen molar-refractivity contribution in [2.45, 2.75) is 18.3 Å². The van der Waals surface area contributed by atoms with Crippen molar-refractivity contribution in [1.82, 2.24) is 0 Å². The molecule has 4 aromatic rings. The molecule has 0 aliphatic heterocycles. The zero-order chi connectivity index (χ0) is 20.1. The Balaban J connectivity index is 2.11. The van der Waals surface area contributed by atoms with Crippen LogP contribution in [0.4, 0.5) is 0 Å². The lowest BCUT2D eigenvalue weighted by atomic mass is 9.65. The highest BCUT2D eigenvalue weighted by Gasteiger charge is 2.38. The third-order valence-corrected chi connectivity index (χ3v) is 5.67. The van der Waals surface area contributed by atoms with Crippen LogP contribution in [0.15, 0.2) is 115 Å². The number of carbonyl (C=O) groups is 1. The van der Waals surface area contributed by atoms with Crippen molar-refractivity contribution in [2.75, 3.05) is 0 Å². The molecule has 1 unspecified atom stereocenters. The molecule has 0 radical (unpaired) electrons. The Morgan fingerprint density at radius 1 is 0.586 bits per heavy atom. The van der Waals surface area contributed by atoms with E-state index in [1.165, 1.54) is 16.7 Å². The summed E-state index contributed by atoms with van der Waals surface area (Å²) in [5.74, 6) is -0.144. The topological polar surface area (TPSA) is 17.1 Å². The molecule has 1 atom stereocenters. The minimum absolute atomic E-state index is 0.144. The van der Waals surface area contributed by atoms with Gasteiger partial charge in [-0.2, -0.15) is 0 Å². The van der Waals surface area contributed by atoms with Crippen LogP contribution >= 0.6 is 0 Å². The minimum Gasteiger partial charge on any atom is -0.303 e. The molecule has 0 aliphatic carbocycles. The molecular weight excluding hydrogens is 352 g/mol. The van der Waals surface area contributed by atoms with Crippen LogP contribution in [0.25, 0.3) is 0 Å². The molecule has 4 aromatic carbocycles. The molecule has 0 fully saturated rings. The summed E-state index contributed by atoms with van der Waals surface area (Å²) in [6, 6.07) is 40.3. The van der Waals surface area contributed by atoms with E-state index < -0.39 is 5.41 Å². The van der Waals surface area contributed by atoms with Crippen LogP contribution < -0.4 is 0 Å². The fraction of sp³-hybridized carbons (Fsp3) is 0.107. The second-order valence-electron chi connectivity index (χ2n) is 7.40. The van der Waals surface area contributed by atoms with Gasteiger partial charge in [-0.1, -0.05) is 122 Å². The maximum Gasteiger partial charge on any atom is 0.127 e. The van der Waals surface area contributed by atoms with Crippen molar-refractivity contribution in [1.29, 1.82) is 0 Å². The highest BCUT2D eigenvalue weighted by molar-refractivity contribution is 5.64. The molecule has 0 spiro atoms. The van der Waals surface area contributed by atoms with E-state index in [-0.39, 0.29) is 5.92 Å². The van der Waals surface area contributed by atoms with Gasteiger partial charge in [0, 0.05) is 5.92 Å². The summed E-state index contributed by atoms with van der Waals surface area (Å²) in [5.41, 5.74) is 5.33. The largest absolute Gasteiger partial charge is 0.303 e. The van der Waals surface area contributed by atoms with E-state index in [4.69, 9.17) is 0 Å². The van der Waals surface area contributed by atoms with E-state index in [9.17, 15) is 4.79 Å². The zero-order valence-corrected chi connectivity index (χ0v) is 16.5. The van der Waals surface area contributed by atoms with Crippen molar-refractivity contribution < 1.29 is 4.79 Å². The first kappa shape index (κ1) is 18.9. The van der Waals surface area contributed by atoms with Gasteiger partial charge in [-0.05, 0) is 27.8 Å². The molecule has 29 heavy (non-hydrogen) atoms. The number of hydrogen-bond acceptors (Lipinski definition) is 1. The highest BCUT2D eigenvalue weighted by Crippen LogP contribution is 2.45.